The van der Waals surface area contributed by atoms with Crippen molar-refractivity contribution in [3.8, 4) is 0 Å². The fourth-order valence-corrected chi connectivity index (χ4v) is 3.32. The first-order valence-corrected chi connectivity index (χ1v) is 9.28. The van der Waals surface area contributed by atoms with E-state index in [4.69, 9.17) is 4.74 Å². The standard InChI is InChI=1S/C18H33N3O3/c1-18(2,3)20-17(23)21-10-5-15(6-11-21)16(22)19-9-4-14-7-12-24-13-8-14/h14-15H,4-13H2,1-3H3,(H,19,22)(H,20,23). The molecular weight excluding hydrogens is 306 g/mol. The predicted octanol–water partition coefficient (Wildman–Crippen LogP) is 2.14. The van der Waals surface area contributed by atoms with Crippen LogP contribution in [-0.2, 0) is 9.53 Å². The summed E-state index contributed by atoms with van der Waals surface area (Å²) in [5.74, 6) is 0.873. The van der Waals surface area contributed by atoms with E-state index in [2.05, 4.69) is 10.6 Å². The maximum absolute atomic E-state index is 12.3. The normalized spacial score (nSPS) is 20.7. The minimum absolute atomic E-state index is 0.0270. The lowest BCUT2D eigenvalue weighted by atomic mass is 9.94. The third-order valence-electron chi connectivity index (χ3n) is 4.83. The van der Waals surface area contributed by atoms with Crippen molar-refractivity contribution in [1.82, 2.24) is 15.5 Å². The number of amides is 3. The van der Waals surface area contributed by atoms with Crippen LogP contribution in [0.15, 0.2) is 0 Å². The Morgan fingerprint density at radius 3 is 2.29 bits per heavy atom. The number of hydrogen-bond acceptors (Lipinski definition) is 3. The van der Waals surface area contributed by atoms with Crippen molar-refractivity contribution in [3.63, 3.8) is 0 Å². The van der Waals surface area contributed by atoms with Crippen molar-refractivity contribution in [1.29, 1.82) is 0 Å². The molecule has 2 saturated heterocycles. The quantitative estimate of drug-likeness (QED) is 0.824. The predicted molar refractivity (Wildman–Crippen MR) is 93.8 cm³/mol. The third-order valence-corrected chi connectivity index (χ3v) is 4.83. The summed E-state index contributed by atoms with van der Waals surface area (Å²) in [6.45, 7) is 9.70. The summed E-state index contributed by atoms with van der Waals surface area (Å²) < 4.78 is 5.36. The van der Waals surface area contributed by atoms with E-state index in [1.165, 1.54) is 0 Å². The first-order chi connectivity index (χ1) is 11.3. The van der Waals surface area contributed by atoms with Gasteiger partial charge >= 0.3 is 6.03 Å². The van der Waals surface area contributed by atoms with Crippen molar-refractivity contribution >= 4 is 11.9 Å². The largest absolute Gasteiger partial charge is 0.381 e. The Kier molecular flexibility index (Phi) is 6.90. The highest BCUT2D eigenvalue weighted by Crippen LogP contribution is 2.19. The van der Waals surface area contributed by atoms with Gasteiger partial charge in [-0.25, -0.2) is 4.79 Å². The summed E-state index contributed by atoms with van der Waals surface area (Å²) in [5, 5.41) is 6.06. The summed E-state index contributed by atoms with van der Waals surface area (Å²) in [4.78, 5) is 26.2. The molecule has 138 valence electrons. The molecule has 2 rings (SSSR count). The zero-order chi connectivity index (χ0) is 17.6. The lowest BCUT2D eigenvalue weighted by Crippen LogP contribution is -2.51. The Hall–Kier alpha value is -1.30. The SMILES string of the molecule is CC(C)(C)NC(=O)N1CCC(C(=O)NCCC2CCOCC2)CC1. The lowest BCUT2D eigenvalue weighted by Gasteiger charge is -2.33. The number of urea groups is 1. The fourth-order valence-electron chi connectivity index (χ4n) is 3.32. The van der Waals surface area contributed by atoms with Gasteiger partial charge in [-0.2, -0.15) is 0 Å². The summed E-state index contributed by atoms with van der Waals surface area (Å²) in [5.41, 5.74) is -0.227. The van der Waals surface area contributed by atoms with E-state index >= 15 is 0 Å². The van der Waals surface area contributed by atoms with Gasteiger partial charge in [-0.15, -0.1) is 0 Å². The van der Waals surface area contributed by atoms with Gasteiger partial charge in [-0.3, -0.25) is 4.79 Å². The van der Waals surface area contributed by atoms with Crippen LogP contribution in [0.25, 0.3) is 0 Å². The number of hydrogen-bond donors (Lipinski definition) is 2. The van der Waals surface area contributed by atoms with Crippen LogP contribution < -0.4 is 10.6 Å². The van der Waals surface area contributed by atoms with Crippen molar-refractivity contribution in [2.75, 3.05) is 32.8 Å². The number of carbonyl (C=O) groups excluding carboxylic acids is 2. The van der Waals surface area contributed by atoms with E-state index in [9.17, 15) is 9.59 Å². The van der Waals surface area contributed by atoms with E-state index in [0.29, 0.717) is 19.0 Å². The van der Waals surface area contributed by atoms with Crippen LogP contribution in [0.5, 0.6) is 0 Å². The highest BCUT2D eigenvalue weighted by Gasteiger charge is 2.28. The fraction of sp³-hybridized carbons (Fsp3) is 0.889. The van der Waals surface area contributed by atoms with Gasteiger partial charge in [0.15, 0.2) is 0 Å². The van der Waals surface area contributed by atoms with Gasteiger partial charge in [0.2, 0.25) is 5.91 Å². The van der Waals surface area contributed by atoms with Gasteiger partial charge < -0.3 is 20.3 Å². The van der Waals surface area contributed by atoms with Gasteiger partial charge in [-0.05, 0) is 58.8 Å². The smallest absolute Gasteiger partial charge is 0.317 e. The lowest BCUT2D eigenvalue weighted by molar-refractivity contribution is -0.126. The summed E-state index contributed by atoms with van der Waals surface area (Å²) in [6.07, 6.45) is 4.76. The summed E-state index contributed by atoms with van der Waals surface area (Å²) in [6, 6.07) is -0.0270. The number of nitrogens with zero attached hydrogens (tertiary/aromatic N) is 1. The molecule has 0 aromatic carbocycles. The number of carbonyl (C=O) groups is 2. The van der Waals surface area contributed by atoms with E-state index in [1.807, 2.05) is 25.7 Å². The van der Waals surface area contributed by atoms with E-state index in [1.54, 1.807) is 0 Å². The van der Waals surface area contributed by atoms with E-state index < -0.39 is 0 Å². The Bertz CT molecular complexity index is 420. The zero-order valence-electron chi connectivity index (χ0n) is 15.4. The second-order valence-electron chi connectivity index (χ2n) is 8.08. The third kappa shape index (κ3) is 6.30. The molecule has 0 aromatic heterocycles. The van der Waals surface area contributed by atoms with E-state index in [0.717, 1.165) is 51.9 Å². The molecule has 0 bridgehead atoms. The Morgan fingerprint density at radius 1 is 1.08 bits per heavy atom. The Balaban J connectivity index is 1.64. The maximum atomic E-state index is 12.3. The molecule has 6 heteroatoms. The van der Waals surface area contributed by atoms with Crippen molar-refractivity contribution < 1.29 is 14.3 Å². The van der Waals surface area contributed by atoms with Crippen molar-refractivity contribution in [2.24, 2.45) is 11.8 Å². The monoisotopic (exact) mass is 339 g/mol. The molecule has 0 unspecified atom stereocenters. The molecule has 2 aliphatic rings. The molecule has 2 N–H and O–H groups in total. The van der Waals surface area contributed by atoms with Crippen LogP contribution in [0.3, 0.4) is 0 Å². The van der Waals surface area contributed by atoms with Gasteiger partial charge in [0.25, 0.3) is 0 Å². The molecule has 0 aromatic rings. The van der Waals surface area contributed by atoms with Gasteiger partial charge in [-0.1, -0.05) is 0 Å². The number of piperidine rings is 1. The van der Waals surface area contributed by atoms with Gasteiger partial charge in [0.05, 0.1) is 0 Å². The molecule has 0 radical (unpaired) electrons. The van der Waals surface area contributed by atoms with Gasteiger partial charge in [0.1, 0.15) is 0 Å². The van der Waals surface area contributed by atoms with Crippen LogP contribution in [0.2, 0.25) is 0 Å². The summed E-state index contributed by atoms with van der Waals surface area (Å²) in [7, 11) is 0. The first kappa shape index (κ1) is 19.0. The van der Waals surface area contributed by atoms with Crippen LogP contribution in [-0.4, -0.2) is 55.2 Å². The second-order valence-corrected chi connectivity index (χ2v) is 8.08. The highest BCUT2D eigenvalue weighted by molar-refractivity contribution is 5.79. The number of likely N-dealkylation sites (tertiary alicyclic amines) is 1. The average molecular weight is 339 g/mol. The Labute approximate surface area is 145 Å². The summed E-state index contributed by atoms with van der Waals surface area (Å²) >= 11 is 0. The molecule has 0 atom stereocenters. The Morgan fingerprint density at radius 2 is 1.71 bits per heavy atom. The van der Waals surface area contributed by atoms with Crippen molar-refractivity contribution in [3.05, 3.63) is 0 Å². The second kappa shape index (κ2) is 8.70. The molecule has 0 saturated carbocycles. The topological polar surface area (TPSA) is 70.7 Å². The average Bonchev–Trinajstić information content (AvgIpc) is 2.54. The zero-order valence-corrected chi connectivity index (χ0v) is 15.4. The first-order valence-electron chi connectivity index (χ1n) is 9.28. The number of ether oxygens (including phenoxy) is 1. The van der Waals surface area contributed by atoms with Crippen molar-refractivity contribution in [2.45, 2.75) is 58.4 Å². The van der Waals surface area contributed by atoms with Crippen LogP contribution >= 0.6 is 0 Å². The minimum atomic E-state index is -0.227. The molecule has 24 heavy (non-hydrogen) atoms. The number of nitrogens with one attached hydrogen (secondary N) is 2. The van der Waals surface area contributed by atoms with Crippen LogP contribution in [0, 0.1) is 11.8 Å². The molecule has 0 spiro atoms. The molecular formula is C18H33N3O3. The van der Waals surface area contributed by atoms with Gasteiger partial charge in [0, 0.05) is 44.3 Å². The molecule has 3 amide bonds. The van der Waals surface area contributed by atoms with E-state index in [-0.39, 0.29) is 23.4 Å². The number of rotatable bonds is 4. The molecule has 2 aliphatic heterocycles. The molecule has 6 nitrogen and oxygen atoms in total. The van der Waals surface area contributed by atoms with Crippen LogP contribution in [0.4, 0.5) is 4.79 Å². The minimum Gasteiger partial charge on any atom is -0.381 e. The molecule has 2 heterocycles. The maximum Gasteiger partial charge on any atom is 0.317 e. The highest BCUT2D eigenvalue weighted by atomic mass is 16.5. The van der Waals surface area contributed by atoms with Crippen LogP contribution in [0.1, 0.15) is 52.9 Å². The molecule has 0 aliphatic carbocycles. The molecule has 2 fully saturated rings.